The van der Waals surface area contributed by atoms with Gasteiger partial charge in [0.05, 0.1) is 0 Å². The molecule has 2 aromatic carbocycles. The molecule has 0 aromatic heterocycles. The molecule has 0 radical (unpaired) electrons. The van der Waals surface area contributed by atoms with Gasteiger partial charge in [-0.15, -0.1) is 0 Å². The van der Waals surface area contributed by atoms with Gasteiger partial charge >= 0.3 is 6.03 Å². The molecule has 1 aliphatic heterocycles. The van der Waals surface area contributed by atoms with Crippen molar-refractivity contribution in [1.82, 2.24) is 10.2 Å². The Bertz CT molecular complexity index is 712. The van der Waals surface area contributed by atoms with E-state index >= 15 is 0 Å². The predicted molar refractivity (Wildman–Crippen MR) is 79.7 cm³/mol. The van der Waals surface area contributed by atoms with E-state index in [9.17, 15) is 9.59 Å². The number of benzene rings is 2. The molecule has 106 valence electrons. The lowest BCUT2D eigenvalue weighted by atomic mass is 9.80. The van der Waals surface area contributed by atoms with Gasteiger partial charge in [-0.2, -0.15) is 0 Å². The lowest BCUT2D eigenvalue weighted by molar-refractivity contribution is -0.129. The van der Waals surface area contributed by atoms with E-state index in [0.717, 1.165) is 21.6 Å². The Morgan fingerprint density at radius 1 is 0.952 bits per heavy atom. The summed E-state index contributed by atoms with van der Waals surface area (Å²) in [4.78, 5) is 26.0. The molecule has 4 nitrogen and oxygen atoms in total. The van der Waals surface area contributed by atoms with Crippen molar-refractivity contribution in [2.24, 2.45) is 0 Å². The number of nitrogens with zero attached hydrogens (tertiary/aromatic N) is 1. The van der Waals surface area contributed by atoms with Crippen molar-refractivity contribution in [1.29, 1.82) is 0 Å². The Hall–Kier alpha value is -2.62. The number of likely N-dealkylation sites (N-methyl/N-ethyl adjacent to an activating group) is 1. The van der Waals surface area contributed by atoms with Crippen molar-refractivity contribution in [3.05, 3.63) is 71.3 Å². The minimum Gasteiger partial charge on any atom is -0.315 e. The average molecular weight is 280 g/mol. The van der Waals surface area contributed by atoms with Gasteiger partial charge in [-0.05, 0) is 23.6 Å². The third kappa shape index (κ3) is 1.83. The lowest BCUT2D eigenvalue weighted by Gasteiger charge is -2.29. The van der Waals surface area contributed by atoms with Crippen molar-refractivity contribution < 1.29 is 9.59 Å². The van der Waals surface area contributed by atoms with Crippen molar-refractivity contribution in [3.8, 4) is 0 Å². The molecule has 0 bridgehead atoms. The number of urea groups is 1. The molecule has 4 heteroatoms. The predicted octanol–water partition coefficient (Wildman–Crippen LogP) is 2.42. The van der Waals surface area contributed by atoms with E-state index in [1.807, 2.05) is 61.5 Å². The highest BCUT2D eigenvalue weighted by Crippen LogP contribution is 2.36. The quantitative estimate of drug-likeness (QED) is 0.859. The first-order valence-electron chi connectivity index (χ1n) is 6.79. The van der Waals surface area contributed by atoms with Crippen LogP contribution in [0.1, 0.15) is 16.7 Å². The molecule has 1 N–H and O–H groups in total. The van der Waals surface area contributed by atoms with Gasteiger partial charge in [0.2, 0.25) is 0 Å². The number of amides is 3. The zero-order valence-electron chi connectivity index (χ0n) is 12.0. The first kappa shape index (κ1) is 13.4. The number of aryl methyl sites for hydroxylation is 1. The molecule has 3 rings (SSSR count). The van der Waals surface area contributed by atoms with Crippen LogP contribution in [-0.4, -0.2) is 23.9 Å². The van der Waals surface area contributed by atoms with Crippen LogP contribution in [0.5, 0.6) is 0 Å². The molecule has 1 fully saturated rings. The molecule has 1 heterocycles. The summed E-state index contributed by atoms with van der Waals surface area (Å²) in [5, 5.41) is 2.88. The first-order chi connectivity index (χ1) is 10.1. The average Bonchev–Trinajstić information content (AvgIpc) is 2.74. The second kappa shape index (κ2) is 4.74. The number of nitrogens with one attached hydrogen (secondary N) is 1. The summed E-state index contributed by atoms with van der Waals surface area (Å²) in [6.45, 7) is 1.94. The minimum atomic E-state index is -1.14. The van der Waals surface area contributed by atoms with E-state index in [2.05, 4.69) is 5.32 Å². The highest BCUT2D eigenvalue weighted by atomic mass is 16.2. The largest absolute Gasteiger partial charge is 0.325 e. The third-order valence-electron chi connectivity index (χ3n) is 3.98. The second-order valence-electron chi connectivity index (χ2n) is 5.23. The molecule has 3 amide bonds. The van der Waals surface area contributed by atoms with E-state index < -0.39 is 5.54 Å². The second-order valence-corrected chi connectivity index (χ2v) is 5.23. The smallest absolute Gasteiger partial charge is 0.315 e. The zero-order valence-corrected chi connectivity index (χ0v) is 12.0. The van der Waals surface area contributed by atoms with Crippen LogP contribution in [0.25, 0.3) is 0 Å². The Balaban J connectivity index is 2.30. The van der Waals surface area contributed by atoms with E-state index in [0.29, 0.717) is 0 Å². The summed E-state index contributed by atoms with van der Waals surface area (Å²) >= 11 is 0. The van der Waals surface area contributed by atoms with Gasteiger partial charge in [0.1, 0.15) is 0 Å². The topological polar surface area (TPSA) is 49.4 Å². The molecular weight excluding hydrogens is 264 g/mol. The van der Waals surface area contributed by atoms with Crippen molar-refractivity contribution in [3.63, 3.8) is 0 Å². The molecule has 2 aromatic rings. The maximum Gasteiger partial charge on any atom is 0.325 e. The summed E-state index contributed by atoms with van der Waals surface area (Å²) in [6, 6.07) is 16.6. The lowest BCUT2D eigenvalue weighted by Crippen LogP contribution is -2.45. The first-order valence-corrected chi connectivity index (χ1v) is 6.79. The van der Waals surface area contributed by atoms with E-state index in [-0.39, 0.29) is 11.9 Å². The number of rotatable bonds is 2. The number of imide groups is 1. The van der Waals surface area contributed by atoms with Gasteiger partial charge in [0.25, 0.3) is 5.91 Å². The Labute approximate surface area is 123 Å². The highest BCUT2D eigenvalue weighted by molar-refractivity contribution is 6.09. The fourth-order valence-corrected chi connectivity index (χ4v) is 2.86. The van der Waals surface area contributed by atoms with Crippen molar-refractivity contribution in [2.45, 2.75) is 12.5 Å². The normalized spacial score (nSPS) is 21.5. The van der Waals surface area contributed by atoms with Crippen LogP contribution in [0.2, 0.25) is 0 Å². The molecular formula is C17H16N2O2. The molecule has 0 aliphatic carbocycles. The van der Waals surface area contributed by atoms with Crippen LogP contribution in [0.4, 0.5) is 4.79 Å². The number of hydrogen-bond donors (Lipinski definition) is 1. The van der Waals surface area contributed by atoms with Crippen molar-refractivity contribution >= 4 is 11.9 Å². The van der Waals surface area contributed by atoms with Crippen LogP contribution in [0.3, 0.4) is 0 Å². The van der Waals surface area contributed by atoms with Gasteiger partial charge in [-0.1, -0.05) is 54.6 Å². The maximum atomic E-state index is 12.8. The summed E-state index contributed by atoms with van der Waals surface area (Å²) < 4.78 is 0. The molecule has 1 atom stereocenters. The molecule has 21 heavy (non-hydrogen) atoms. The highest BCUT2D eigenvalue weighted by Gasteiger charge is 2.52. The van der Waals surface area contributed by atoms with Crippen LogP contribution < -0.4 is 5.32 Å². The summed E-state index contributed by atoms with van der Waals surface area (Å²) in [6.07, 6.45) is 0. The van der Waals surface area contributed by atoms with Crippen LogP contribution in [0, 0.1) is 6.92 Å². The van der Waals surface area contributed by atoms with Crippen LogP contribution in [-0.2, 0) is 10.3 Å². The van der Waals surface area contributed by atoms with Gasteiger partial charge in [0.15, 0.2) is 5.54 Å². The maximum absolute atomic E-state index is 12.8. The molecule has 0 saturated carbocycles. The number of carbonyl (C=O) groups is 2. The SMILES string of the molecule is Cc1ccccc1C1(c2ccccc2)NC(=O)N(C)C1=O. The standard InChI is InChI=1S/C17H16N2O2/c1-12-8-6-7-11-14(12)17(13-9-4-3-5-10-13)15(20)19(2)16(21)18-17/h3-11H,1-2H3,(H,18,21). The fraction of sp³-hybridized carbons (Fsp3) is 0.176. The monoisotopic (exact) mass is 280 g/mol. The van der Waals surface area contributed by atoms with Crippen molar-refractivity contribution in [2.75, 3.05) is 7.05 Å². The molecule has 1 saturated heterocycles. The summed E-state index contributed by atoms with van der Waals surface area (Å²) in [5.74, 6) is -0.256. The van der Waals surface area contributed by atoms with Crippen LogP contribution in [0.15, 0.2) is 54.6 Å². The molecule has 1 aliphatic rings. The Morgan fingerprint density at radius 3 is 2.14 bits per heavy atom. The fourth-order valence-electron chi connectivity index (χ4n) is 2.86. The number of hydrogen-bond acceptors (Lipinski definition) is 2. The molecule has 0 spiro atoms. The number of carbonyl (C=O) groups excluding carboxylic acids is 2. The molecule has 1 unspecified atom stereocenters. The Morgan fingerprint density at radius 2 is 1.57 bits per heavy atom. The summed E-state index contributed by atoms with van der Waals surface area (Å²) in [5.41, 5.74) is 1.39. The van der Waals surface area contributed by atoms with Gasteiger partial charge in [-0.25, -0.2) is 4.79 Å². The minimum absolute atomic E-state index is 0.256. The van der Waals surface area contributed by atoms with E-state index in [4.69, 9.17) is 0 Å². The summed E-state index contributed by atoms with van der Waals surface area (Å²) in [7, 11) is 1.50. The van der Waals surface area contributed by atoms with Crippen LogP contribution >= 0.6 is 0 Å². The van der Waals surface area contributed by atoms with E-state index in [1.54, 1.807) is 0 Å². The van der Waals surface area contributed by atoms with E-state index in [1.165, 1.54) is 7.05 Å². The zero-order chi connectivity index (χ0) is 15.0. The van der Waals surface area contributed by atoms with Gasteiger partial charge < -0.3 is 5.32 Å². The van der Waals surface area contributed by atoms with Gasteiger partial charge in [0, 0.05) is 7.05 Å². The Kier molecular flexibility index (Phi) is 3.01. The van der Waals surface area contributed by atoms with Gasteiger partial charge in [-0.3, -0.25) is 9.69 Å². The third-order valence-corrected chi connectivity index (χ3v) is 3.98.